The Morgan fingerprint density at radius 3 is 0.732 bits per heavy atom. The van der Waals surface area contributed by atoms with Crippen molar-refractivity contribution in [3.05, 3.63) is 217 Å². The van der Waals surface area contributed by atoms with Gasteiger partial charge in [-0.1, -0.05) is 217 Å². The van der Waals surface area contributed by atoms with Gasteiger partial charge in [-0.15, -0.1) is 0 Å². The predicted octanol–water partition coefficient (Wildman–Crippen LogP) is 16.7. The molecule has 0 saturated heterocycles. The lowest BCUT2D eigenvalue weighted by atomic mass is 9.86. The molecule has 56 heavy (non-hydrogen) atoms. The molecule has 274 valence electrons. The van der Waals surface area contributed by atoms with Gasteiger partial charge in [0, 0.05) is 10.5 Å². The van der Waals surface area contributed by atoms with E-state index in [4.69, 9.17) is 0 Å². The minimum atomic E-state index is 0.272. The van der Waals surface area contributed by atoms with E-state index >= 15 is 0 Å². The van der Waals surface area contributed by atoms with Crippen LogP contribution in [0.15, 0.2) is 206 Å². The van der Waals surface area contributed by atoms with Crippen LogP contribution in [0.3, 0.4) is 0 Å². The second-order valence-electron chi connectivity index (χ2n) is 14.2. The topological polar surface area (TPSA) is 0 Å². The third-order valence-electron chi connectivity index (χ3n) is 10.6. The molecule has 0 aliphatic heterocycles. The summed E-state index contributed by atoms with van der Waals surface area (Å²) in [5.41, 5.74) is 17.9. The van der Waals surface area contributed by atoms with Crippen LogP contribution >= 0.6 is 21.6 Å². The molecule has 0 aromatic heterocycles. The van der Waals surface area contributed by atoms with Gasteiger partial charge in [-0.3, -0.25) is 0 Å². The minimum absolute atomic E-state index is 0.272. The summed E-state index contributed by atoms with van der Waals surface area (Å²) >= 11 is 0. The Kier molecular flexibility index (Phi) is 12.0. The van der Waals surface area contributed by atoms with Crippen molar-refractivity contribution in [3.63, 3.8) is 0 Å². The number of hydrogen-bond acceptors (Lipinski definition) is 2. The fraction of sp³-hybridized carbons (Fsp3) is 0.111. The Balaban J connectivity index is 1.24. The Hall–Kier alpha value is -5.54. The Bertz CT molecular complexity index is 2280. The molecule has 8 rings (SSSR count). The zero-order valence-electron chi connectivity index (χ0n) is 32.0. The second-order valence-corrected chi connectivity index (χ2v) is 16.8. The van der Waals surface area contributed by atoms with Gasteiger partial charge in [0.15, 0.2) is 0 Å². The Morgan fingerprint density at radius 1 is 0.286 bits per heavy atom. The van der Waals surface area contributed by atoms with Crippen molar-refractivity contribution in [2.24, 2.45) is 0 Å². The molecule has 0 bridgehead atoms. The third kappa shape index (κ3) is 8.19. The van der Waals surface area contributed by atoms with Gasteiger partial charge in [0.1, 0.15) is 0 Å². The molecule has 8 aromatic carbocycles. The van der Waals surface area contributed by atoms with Crippen molar-refractivity contribution in [1.82, 2.24) is 0 Å². The van der Waals surface area contributed by atoms with Gasteiger partial charge in [0.25, 0.3) is 0 Å². The van der Waals surface area contributed by atoms with E-state index in [0.717, 1.165) is 12.8 Å². The highest BCUT2D eigenvalue weighted by atomic mass is 33.1. The highest BCUT2D eigenvalue weighted by molar-refractivity contribution is 8.76. The van der Waals surface area contributed by atoms with E-state index in [2.05, 4.69) is 220 Å². The van der Waals surface area contributed by atoms with Crippen molar-refractivity contribution < 1.29 is 0 Å². The number of benzene rings is 8. The van der Waals surface area contributed by atoms with E-state index in [-0.39, 0.29) is 10.5 Å². The SMILES string of the molecule is CC[C@@H](SS[C@H](CC)c1cc(-c2ccccc2)c(-c2ccccc2)cc1-c1ccccc1)c1cc(-c2ccccc2)c(-c2ccccc2)cc1-c1ccccc1. The summed E-state index contributed by atoms with van der Waals surface area (Å²) in [7, 11) is 4.08. The first kappa shape index (κ1) is 37.4. The monoisotopic (exact) mass is 758 g/mol. The van der Waals surface area contributed by atoms with Crippen LogP contribution in [0, 0.1) is 0 Å². The smallest absolute Gasteiger partial charge is 0.0405 e. The van der Waals surface area contributed by atoms with Gasteiger partial charge >= 0.3 is 0 Å². The van der Waals surface area contributed by atoms with Crippen molar-refractivity contribution in [2.75, 3.05) is 0 Å². The van der Waals surface area contributed by atoms with Gasteiger partial charge < -0.3 is 0 Å². The maximum atomic E-state index is 2.50. The summed E-state index contributed by atoms with van der Waals surface area (Å²) in [4.78, 5) is 0. The summed E-state index contributed by atoms with van der Waals surface area (Å²) in [6.07, 6.45) is 2.03. The summed E-state index contributed by atoms with van der Waals surface area (Å²) < 4.78 is 0. The van der Waals surface area contributed by atoms with Gasteiger partial charge in [0.2, 0.25) is 0 Å². The maximum Gasteiger partial charge on any atom is 0.0405 e. The van der Waals surface area contributed by atoms with Crippen LogP contribution in [0.2, 0.25) is 0 Å². The summed E-state index contributed by atoms with van der Waals surface area (Å²) in [5.74, 6) is 0. The zero-order valence-corrected chi connectivity index (χ0v) is 33.6. The van der Waals surface area contributed by atoms with Crippen molar-refractivity contribution in [3.8, 4) is 66.8 Å². The van der Waals surface area contributed by atoms with E-state index in [1.54, 1.807) is 0 Å². The molecule has 2 atom stereocenters. The summed E-state index contributed by atoms with van der Waals surface area (Å²) in [5, 5.41) is 0.544. The Morgan fingerprint density at radius 2 is 0.500 bits per heavy atom. The number of hydrogen-bond donors (Lipinski definition) is 0. The Labute approximate surface area is 341 Å². The van der Waals surface area contributed by atoms with Gasteiger partial charge in [-0.05, 0) is 115 Å². The summed E-state index contributed by atoms with van der Waals surface area (Å²) in [6.45, 7) is 4.69. The standard InChI is InChI=1S/C54H46S2/c1-3-53(51-37-47(41-27-15-7-16-28-41)45(39-23-11-5-12-24-39)35-49(51)43-31-19-9-20-32-43)55-56-54(4-2)52-38-48(42-29-17-8-18-30-42)46(40-25-13-6-14-26-40)36-50(52)44-33-21-10-22-34-44/h5-38,53-54H,3-4H2,1-2H3/t53-,54-/m1/s1. The van der Waals surface area contributed by atoms with Gasteiger partial charge in [-0.25, -0.2) is 0 Å². The molecule has 0 aliphatic carbocycles. The molecule has 0 N–H and O–H groups in total. The molecule has 0 saturated carbocycles. The van der Waals surface area contributed by atoms with Crippen LogP contribution in [0.25, 0.3) is 66.8 Å². The van der Waals surface area contributed by atoms with E-state index in [1.807, 2.05) is 21.6 Å². The largest absolute Gasteiger partial charge is 0.0853 e. The van der Waals surface area contributed by atoms with Crippen molar-refractivity contribution in [1.29, 1.82) is 0 Å². The molecule has 0 nitrogen and oxygen atoms in total. The van der Waals surface area contributed by atoms with Crippen molar-refractivity contribution >= 4 is 21.6 Å². The molecule has 0 aliphatic rings. The quantitative estimate of drug-likeness (QED) is 0.107. The van der Waals surface area contributed by atoms with Crippen LogP contribution < -0.4 is 0 Å². The average molecular weight is 759 g/mol. The second kappa shape index (κ2) is 17.9. The first-order chi connectivity index (χ1) is 27.7. The lowest BCUT2D eigenvalue weighted by Gasteiger charge is -2.26. The van der Waals surface area contributed by atoms with E-state index < -0.39 is 0 Å². The van der Waals surface area contributed by atoms with Crippen LogP contribution in [0.4, 0.5) is 0 Å². The highest BCUT2D eigenvalue weighted by Gasteiger charge is 2.25. The van der Waals surface area contributed by atoms with Crippen LogP contribution in [-0.4, -0.2) is 0 Å². The molecular formula is C54H46S2. The molecule has 0 fully saturated rings. The zero-order chi connectivity index (χ0) is 38.1. The fourth-order valence-corrected chi connectivity index (χ4v) is 11.1. The highest BCUT2D eigenvalue weighted by Crippen LogP contribution is 2.54. The van der Waals surface area contributed by atoms with Crippen LogP contribution in [-0.2, 0) is 0 Å². The lowest BCUT2D eigenvalue weighted by Crippen LogP contribution is -2.01. The molecule has 0 unspecified atom stereocenters. The van der Waals surface area contributed by atoms with Crippen LogP contribution in [0.5, 0.6) is 0 Å². The van der Waals surface area contributed by atoms with Gasteiger partial charge in [0.05, 0.1) is 0 Å². The normalized spacial score (nSPS) is 12.2. The lowest BCUT2D eigenvalue weighted by molar-refractivity contribution is 0.895. The molecule has 0 heterocycles. The maximum absolute atomic E-state index is 2.50. The molecule has 0 amide bonds. The molecule has 0 spiro atoms. The van der Waals surface area contributed by atoms with E-state index in [0.29, 0.717) is 0 Å². The van der Waals surface area contributed by atoms with Crippen molar-refractivity contribution in [2.45, 2.75) is 37.2 Å². The summed E-state index contributed by atoms with van der Waals surface area (Å²) in [6, 6.07) is 75.4. The fourth-order valence-electron chi connectivity index (χ4n) is 7.74. The predicted molar refractivity (Wildman–Crippen MR) is 247 cm³/mol. The van der Waals surface area contributed by atoms with E-state index in [9.17, 15) is 0 Å². The molecule has 8 aromatic rings. The first-order valence-corrected chi connectivity index (χ1v) is 22.0. The first-order valence-electron chi connectivity index (χ1n) is 19.7. The molecular weight excluding hydrogens is 713 g/mol. The molecule has 0 radical (unpaired) electrons. The van der Waals surface area contributed by atoms with Crippen LogP contribution in [0.1, 0.15) is 48.3 Å². The van der Waals surface area contributed by atoms with E-state index in [1.165, 1.54) is 77.9 Å². The van der Waals surface area contributed by atoms with Gasteiger partial charge in [-0.2, -0.15) is 0 Å². The average Bonchev–Trinajstić information content (AvgIpc) is 3.29. The third-order valence-corrected chi connectivity index (χ3v) is 14.1. The minimum Gasteiger partial charge on any atom is -0.0853 e. The molecule has 2 heteroatoms. The number of rotatable bonds is 13.